The van der Waals surface area contributed by atoms with Gasteiger partial charge in [0.05, 0.1) is 6.54 Å². The summed E-state index contributed by atoms with van der Waals surface area (Å²) in [4.78, 5) is 11.4. The van der Waals surface area contributed by atoms with Gasteiger partial charge in [0, 0.05) is 17.0 Å². The molecule has 0 unspecified atom stereocenters. The van der Waals surface area contributed by atoms with Gasteiger partial charge in [0.15, 0.2) is 0 Å². The molecule has 1 aliphatic rings. The van der Waals surface area contributed by atoms with E-state index in [1.54, 1.807) is 13.1 Å². The second kappa shape index (κ2) is 5.24. The third-order valence-corrected chi connectivity index (χ3v) is 3.63. The highest BCUT2D eigenvalue weighted by atomic mass is 35.5. The van der Waals surface area contributed by atoms with E-state index >= 15 is 0 Å². The van der Waals surface area contributed by atoms with Crippen LogP contribution in [0.3, 0.4) is 0 Å². The average molecular weight is 271 g/mol. The van der Waals surface area contributed by atoms with Gasteiger partial charge in [-0.3, -0.25) is 4.79 Å². The summed E-state index contributed by atoms with van der Waals surface area (Å²) >= 11 is 6.07. The van der Waals surface area contributed by atoms with Crippen molar-refractivity contribution in [3.8, 4) is 0 Å². The van der Waals surface area contributed by atoms with Crippen molar-refractivity contribution in [1.82, 2.24) is 10.6 Å². The van der Waals surface area contributed by atoms with Crippen LogP contribution in [-0.2, 0) is 10.2 Å². The summed E-state index contributed by atoms with van der Waals surface area (Å²) < 4.78 is 13.0. The molecule has 0 heterocycles. The number of amides is 1. The van der Waals surface area contributed by atoms with Crippen molar-refractivity contribution in [2.24, 2.45) is 0 Å². The van der Waals surface area contributed by atoms with Crippen molar-refractivity contribution >= 4 is 17.5 Å². The van der Waals surface area contributed by atoms with Gasteiger partial charge >= 0.3 is 0 Å². The van der Waals surface area contributed by atoms with Gasteiger partial charge in [0.2, 0.25) is 5.91 Å². The van der Waals surface area contributed by atoms with Crippen LogP contribution in [0.2, 0.25) is 5.02 Å². The van der Waals surface area contributed by atoms with Crippen molar-refractivity contribution in [1.29, 1.82) is 0 Å². The molecule has 1 amide bonds. The number of likely N-dealkylation sites (N-methyl/N-ethyl adjacent to an activating group) is 1. The summed E-state index contributed by atoms with van der Waals surface area (Å²) in [5, 5.41) is 6.11. The first-order chi connectivity index (χ1) is 8.57. The van der Waals surface area contributed by atoms with Gasteiger partial charge in [0.1, 0.15) is 5.82 Å². The Morgan fingerprint density at radius 1 is 1.50 bits per heavy atom. The molecule has 0 atom stereocenters. The molecular formula is C13H16ClFN2O. The van der Waals surface area contributed by atoms with Crippen molar-refractivity contribution in [2.45, 2.75) is 18.3 Å². The van der Waals surface area contributed by atoms with E-state index in [9.17, 15) is 9.18 Å². The van der Waals surface area contributed by atoms with Crippen molar-refractivity contribution < 1.29 is 9.18 Å². The summed E-state index contributed by atoms with van der Waals surface area (Å²) in [7, 11) is 1.73. The fraction of sp³-hybridized carbons (Fsp3) is 0.462. The Morgan fingerprint density at radius 3 is 2.78 bits per heavy atom. The fourth-order valence-electron chi connectivity index (χ4n) is 2.10. The minimum atomic E-state index is -0.334. The van der Waals surface area contributed by atoms with E-state index in [1.807, 2.05) is 0 Å². The van der Waals surface area contributed by atoms with E-state index in [1.165, 1.54) is 12.1 Å². The second-order valence-electron chi connectivity index (χ2n) is 4.71. The Bertz CT molecular complexity index is 460. The maximum Gasteiger partial charge on any atom is 0.233 e. The highest BCUT2D eigenvalue weighted by Crippen LogP contribution is 2.50. The molecular weight excluding hydrogens is 255 g/mol. The molecule has 2 N–H and O–H groups in total. The van der Waals surface area contributed by atoms with E-state index in [2.05, 4.69) is 10.6 Å². The van der Waals surface area contributed by atoms with E-state index in [0.717, 1.165) is 18.4 Å². The molecule has 5 heteroatoms. The largest absolute Gasteiger partial charge is 0.354 e. The van der Waals surface area contributed by atoms with Gasteiger partial charge in [-0.2, -0.15) is 0 Å². The number of benzene rings is 1. The van der Waals surface area contributed by atoms with Gasteiger partial charge < -0.3 is 10.6 Å². The van der Waals surface area contributed by atoms with Crippen LogP contribution in [0.1, 0.15) is 18.4 Å². The molecule has 0 aromatic heterocycles. The molecule has 1 aromatic carbocycles. The number of carbonyl (C=O) groups excluding carboxylic acids is 1. The van der Waals surface area contributed by atoms with Crippen LogP contribution >= 0.6 is 11.6 Å². The SMILES string of the molecule is CNCC(=O)NCC1(c2ccc(F)cc2Cl)CC1. The number of rotatable bonds is 5. The van der Waals surface area contributed by atoms with Crippen molar-refractivity contribution in [3.63, 3.8) is 0 Å². The summed E-state index contributed by atoms with van der Waals surface area (Å²) in [5.41, 5.74) is 0.823. The Morgan fingerprint density at radius 2 is 2.22 bits per heavy atom. The molecule has 1 fully saturated rings. The van der Waals surface area contributed by atoms with Crippen LogP contribution in [0.5, 0.6) is 0 Å². The van der Waals surface area contributed by atoms with E-state index in [4.69, 9.17) is 11.6 Å². The normalized spacial score (nSPS) is 16.4. The highest BCUT2D eigenvalue weighted by molar-refractivity contribution is 6.31. The molecule has 18 heavy (non-hydrogen) atoms. The van der Waals surface area contributed by atoms with Gasteiger partial charge in [-0.15, -0.1) is 0 Å². The molecule has 98 valence electrons. The summed E-state index contributed by atoms with van der Waals surface area (Å²) in [5.74, 6) is -0.374. The Kier molecular flexibility index (Phi) is 3.88. The van der Waals surface area contributed by atoms with Gasteiger partial charge in [-0.25, -0.2) is 4.39 Å². The third kappa shape index (κ3) is 2.82. The van der Waals surface area contributed by atoms with Crippen molar-refractivity contribution in [2.75, 3.05) is 20.1 Å². The van der Waals surface area contributed by atoms with Crippen LogP contribution in [0, 0.1) is 5.82 Å². The molecule has 1 aromatic rings. The van der Waals surface area contributed by atoms with Crippen LogP contribution < -0.4 is 10.6 Å². The fourth-order valence-corrected chi connectivity index (χ4v) is 2.47. The Hall–Kier alpha value is -1.13. The van der Waals surface area contributed by atoms with E-state index < -0.39 is 0 Å². The quantitative estimate of drug-likeness (QED) is 0.857. The molecule has 0 radical (unpaired) electrons. The lowest BCUT2D eigenvalue weighted by atomic mass is 9.95. The van der Waals surface area contributed by atoms with Crippen LogP contribution in [0.25, 0.3) is 0 Å². The molecule has 0 saturated heterocycles. The van der Waals surface area contributed by atoms with E-state index in [-0.39, 0.29) is 17.1 Å². The molecule has 0 bridgehead atoms. The van der Waals surface area contributed by atoms with Crippen LogP contribution in [-0.4, -0.2) is 26.0 Å². The predicted molar refractivity (Wildman–Crippen MR) is 69.3 cm³/mol. The Balaban J connectivity index is 2.05. The number of nitrogens with one attached hydrogen (secondary N) is 2. The molecule has 1 aliphatic carbocycles. The van der Waals surface area contributed by atoms with Crippen LogP contribution in [0.15, 0.2) is 18.2 Å². The number of carbonyl (C=O) groups is 1. The summed E-state index contributed by atoms with van der Waals surface area (Å²) in [6, 6.07) is 4.46. The zero-order valence-electron chi connectivity index (χ0n) is 10.2. The molecule has 3 nitrogen and oxygen atoms in total. The summed E-state index contributed by atoms with van der Waals surface area (Å²) in [6.07, 6.45) is 1.94. The Labute approximate surface area is 111 Å². The highest BCUT2D eigenvalue weighted by Gasteiger charge is 2.45. The lowest BCUT2D eigenvalue weighted by Crippen LogP contribution is -2.37. The standard InChI is InChI=1S/C13H16ClFN2O/c1-16-7-12(18)17-8-13(4-5-13)10-3-2-9(15)6-11(10)14/h2-3,6,16H,4-5,7-8H2,1H3,(H,17,18). The smallest absolute Gasteiger partial charge is 0.233 e. The monoisotopic (exact) mass is 270 g/mol. The minimum absolute atomic E-state index is 0.0398. The maximum absolute atomic E-state index is 13.0. The first-order valence-electron chi connectivity index (χ1n) is 5.94. The maximum atomic E-state index is 13.0. The molecule has 0 aliphatic heterocycles. The molecule has 0 spiro atoms. The second-order valence-corrected chi connectivity index (χ2v) is 5.12. The van der Waals surface area contributed by atoms with Crippen molar-refractivity contribution in [3.05, 3.63) is 34.6 Å². The van der Waals surface area contributed by atoms with Gasteiger partial charge in [-0.1, -0.05) is 17.7 Å². The summed E-state index contributed by atoms with van der Waals surface area (Å²) in [6.45, 7) is 0.853. The first kappa shape index (κ1) is 13.3. The zero-order chi connectivity index (χ0) is 13.2. The number of hydrogen-bond acceptors (Lipinski definition) is 2. The number of hydrogen-bond donors (Lipinski definition) is 2. The zero-order valence-corrected chi connectivity index (χ0v) is 11.0. The molecule has 2 rings (SSSR count). The van der Waals surface area contributed by atoms with E-state index in [0.29, 0.717) is 18.1 Å². The predicted octanol–water partition coefficient (Wildman–Crippen LogP) is 1.85. The minimum Gasteiger partial charge on any atom is -0.354 e. The van der Waals surface area contributed by atoms with Crippen LogP contribution in [0.4, 0.5) is 4.39 Å². The number of halogens is 2. The lowest BCUT2D eigenvalue weighted by molar-refractivity contribution is -0.120. The molecule has 1 saturated carbocycles. The van der Waals surface area contributed by atoms with Gasteiger partial charge in [0.25, 0.3) is 0 Å². The lowest BCUT2D eigenvalue weighted by Gasteiger charge is -2.18. The first-order valence-corrected chi connectivity index (χ1v) is 6.32. The topological polar surface area (TPSA) is 41.1 Å². The third-order valence-electron chi connectivity index (χ3n) is 3.32. The van der Waals surface area contributed by atoms with Gasteiger partial charge in [-0.05, 0) is 37.6 Å². The average Bonchev–Trinajstić information content (AvgIpc) is 3.08.